The molecule has 0 bridgehead atoms. The quantitative estimate of drug-likeness (QED) is 0.848. The number of methoxy groups -OCH3 is 1. The number of nitrogens with zero attached hydrogens (tertiary/aromatic N) is 2. The molecule has 0 aliphatic heterocycles. The molecule has 0 spiro atoms. The van der Waals surface area contributed by atoms with Crippen molar-refractivity contribution in [3.8, 4) is 16.3 Å². The number of rotatable bonds is 2. The van der Waals surface area contributed by atoms with Gasteiger partial charge in [0.25, 0.3) is 0 Å². The van der Waals surface area contributed by atoms with Crippen LogP contribution in [0.25, 0.3) is 10.6 Å². The Labute approximate surface area is 89.5 Å². The lowest BCUT2D eigenvalue weighted by atomic mass is 10.2. The van der Waals surface area contributed by atoms with Crippen LogP contribution in [0.2, 0.25) is 0 Å². The van der Waals surface area contributed by atoms with Gasteiger partial charge in [0.05, 0.1) is 12.7 Å². The van der Waals surface area contributed by atoms with E-state index in [0.717, 1.165) is 11.3 Å². The first-order chi connectivity index (χ1) is 7.20. The summed E-state index contributed by atoms with van der Waals surface area (Å²) >= 11 is 1.13. The summed E-state index contributed by atoms with van der Waals surface area (Å²) in [6, 6.07) is 4.43. The van der Waals surface area contributed by atoms with Gasteiger partial charge in [-0.1, -0.05) is 11.3 Å². The smallest absolute Gasteiger partial charge is 0.203 e. The zero-order valence-electron chi connectivity index (χ0n) is 7.90. The summed E-state index contributed by atoms with van der Waals surface area (Å²) in [4.78, 5) is 0. The molecule has 0 amide bonds. The lowest BCUT2D eigenvalue weighted by Gasteiger charge is -2.02. The largest absolute Gasteiger partial charge is 0.497 e. The Morgan fingerprint density at radius 2 is 2.20 bits per heavy atom. The number of nitrogen functional groups attached to an aromatic ring is 1. The topological polar surface area (TPSA) is 61.0 Å². The average Bonchev–Trinajstić information content (AvgIpc) is 2.65. The summed E-state index contributed by atoms with van der Waals surface area (Å²) in [5.41, 5.74) is 5.78. The van der Waals surface area contributed by atoms with Crippen molar-refractivity contribution in [2.24, 2.45) is 0 Å². The van der Waals surface area contributed by atoms with E-state index >= 15 is 0 Å². The Morgan fingerprint density at radius 1 is 1.40 bits per heavy atom. The molecule has 0 saturated carbocycles. The zero-order chi connectivity index (χ0) is 10.8. The number of hydrogen-bond acceptors (Lipinski definition) is 5. The fraction of sp³-hybridized carbons (Fsp3) is 0.111. The van der Waals surface area contributed by atoms with Gasteiger partial charge >= 0.3 is 0 Å². The first kappa shape index (κ1) is 9.85. The number of ether oxygens (including phenoxy) is 1. The molecular weight excluding hydrogens is 217 g/mol. The van der Waals surface area contributed by atoms with E-state index in [1.165, 1.54) is 13.2 Å². The highest BCUT2D eigenvalue weighted by atomic mass is 32.1. The monoisotopic (exact) mass is 225 g/mol. The van der Waals surface area contributed by atoms with Crippen LogP contribution in [-0.4, -0.2) is 17.3 Å². The third-order valence-corrected chi connectivity index (χ3v) is 2.63. The highest BCUT2D eigenvalue weighted by molar-refractivity contribution is 7.18. The second-order valence-corrected chi connectivity index (χ2v) is 3.80. The fourth-order valence-electron chi connectivity index (χ4n) is 1.14. The van der Waals surface area contributed by atoms with Crippen LogP contribution in [0.3, 0.4) is 0 Å². The molecule has 0 fully saturated rings. The second-order valence-electron chi connectivity index (χ2n) is 2.79. The third kappa shape index (κ3) is 1.89. The standard InChI is InChI=1S/C9H8FN3OS/c1-14-5-2-3-7(10)6(4-5)8-12-13-9(11)15-8/h2-4H,1H3,(H2,11,13). The maximum Gasteiger partial charge on any atom is 0.203 e. The molecule has 0 radical (unpaired) electrons. The van der Waals surface area contributed by atoms with E-state index in [1.54, 1.807) is 12.1 Å². The second kappa shape index (κ2) is 3.82. The van der Waals surface area contributed by atoms with Crippen molar-refractivity contribution in [2.75, 3.05) is 12.8 Å². The Hall–Kier alpha value is -1.69. The summed E-state index contributed by atoms with van der Waals surface area (Å²) < 4.78 is 18.4. The number of benzene rings is 1. The predicted octanol–water partition coefficient (Wildman–Crippen LogP) is 1.93. The number of hydrogen-bond donors (Lipinski definition) is 1. The molecule has 4 nitrogen and oxygen atoms in total. The third-order valence-electron chi connectivity index (χ3n) is 1.84. The molecule has 1 heterocycles. The van der Waals surface area contributed by atoms with E-state index < -0.39 is 0 Å². The first-order valence-electron chi connectivity index (χ1n) is 4.13. The fourth-order valence-corrected chi connectivity index (χ4v) is 1.77. The SMILES string of the molecule is COc1ccc(F)c(-c2nnc(N)s2)c1. The van der Waals surface area contributed by atoms with Crippen molar-refractivity contribution in [3.05, 3.63) is 24.0 Å². The van der Waals surface area contributed by atoms with Crippen molar-refractivity contribution in [1.29, 1.82) is 0 Å². The molecule has 2 N–H and O–H groups in total. The van der Waals surface area contributed by atoms with E-state index in [0.29, 0.717) is 21.5 Å². The molecule has 0 aliphatic carbocycles. The minimum Gasteiger partial charge on any atom is -0.497 e. The summed E-state index contributed by atoms with van der Waals surface area (Å²) in [7, 11) is 1.52. The van der Waals surface area contributed by atoms with Gasteiger partial charge in [-0.05, 0) is 18.2 Å². The summed E-state index contributed by atoms with van der Waals surface area (Å²) in [6.07, 6.45) is 0. The molecule has 1 aromatic heterocycles. The molecule has 0 atom stereocenters. The van der Waals surface area contributed by atoms with Crippen molar-refractivity contribution < 1.29 is 9.13 Å². The van der Waals surface area contributed by atoms with Crippen LogP contribution in [-0.2, 0) is 0 Å². The Bertz CT molecular complexity index is 486. The van der Waals surface area contributed by atoms with Crippen molar-refractivity contribution in [2.45, 2.75) is 0 Å². The van der Waals surface area contributed by atoms with Gasteiger partial charge in [0.1, 0.15) is 11.6 Å². The summed E-state index contributed by atoms with van der Waals surface area (Å²) in [5.74, 6) is 0.201. The molecule has 6 heteroatoms. The molecule has 1 aromatic carbocycles. The molecule has 15 heavy (non-hydrogen) atoms. The molecule has 78 valence electrons. The van der Waals surface area contributed by atoms with Gasteiger partial charge in [0.15, 0.2) is 5.01 Å². The Balaban J connectivity index is 2.51. The maximum absolute atomic E-state index is 13.4. The van der Waals surface area contributed by atoms with Crippen molar-refractivity contribution in [1.82, 2.24) is 10.2 Å². The maximum atomic E-state index is 13.4. The van der Waals surface area contributed by atoms with Crippen LogP contribution in [0.5, 0.6) is 5.75 Å². The summed E-state index contributed by atoms with van der Waals surface area (Å²) in [5, 5.41) is 8.16. The van der Waals surface area contributed by atoms with Crippen molar-refractivity contribution in [3.63, 3.8) is 0 Å². The van der Waals surface area contributed by atoms with E-state index in [9.17, 15) is 4.39 Å². The van der Waals surface area contributed by atoms with Gasteiger partial charge in [-0.25, -0.2) is 4.39 Å². The zero-order valence-corrected chi connectivity index (χ0v) is 8.71. The predicted molar refractivity (Wildman–Crippen MR) is 56.3 cm³/mol. The van der Waals surface area contributed by atoms with E-state index in [1.807, 2.05) is 0 Å². The van der Waals surface area contributed by atoms with E-state index in [2.05, 4.69) is 10.2 Å². The molecule has 2 aromatic rings. The lowest BCUT2D eigenvalue weighted by molar-refractivity contribution is 0.414. The summed E-state index contributed by atoms with van der Waals surface area (Å²) in [6.45, 7) is 0. The van der Waals surface area contributed by atoms with Crippen LogP contribution in [0.4, 0.5) is 9.52 Å². The van der Waals surface area contributed by atoms with Crippen LogP contribution >= 0.6 is 11.3 Å². The number of anilines is 1. The highest BCUT2D eigenvalue weighted by Gasteiger charge is 2.11. The van der Waals surface area contributed by atoms with E-state index in [4.69, 9.17) is 10.5 Å². The Morgan fingerprint density at radius 3 is 2.80 bits per heavy atom. The van der Waals surface area contributed by atoms with Crippen LogP contribution < -0.4 is 10.5 Å². The van der Waals surface area contributed by atoms with Crippen LogP contribution in [0.1, 0.15) is 0 Å². The first-order valence-corrected chi connectivity index (χ1v) is 4.95. The van der Waals surface area contributed by atoms with Gasteiger partial charge in [-0.2, -0.15) is 0 Å². The van der Waals surface area contributed by atoms with Gasteiger partial charge < -0.3 is 10.5 Å². The molecular formula is C9H8FN3OS. The number of halogens is 1. The lowest BCUT2D eigenvalue weighted by Crippen LogP contribution is -1.87. The van der Waals surface area contributed by atoms with Gasteiger partial charge in [0, 0.05) is 0 Å². The van der Waals surface area contributed by atoms with Gasteiger partial charge in [0.2, 0.25) is 5.13 Å². The van der Waals surface area contributed by atoms with Gasteiger partial charge in [-0.3, -0.25) is 0 Å². The highest BCUT2D eigenvalue weighted by Crippen LogP contribution is 2.29. The molecule has 0 unspecified atom stereocenters. The average molecular weight is 225 g/mol. The van der Waals surface area contributed by atoms with Gasteiger partial charge in [-0.15, -0.1) is 10.2 Å². The number of aromatic nitrogens is 2. The van der Waals surface area contributed by atoms with Crippen molar-refractivity contribution >= 4 is 16.5 Å². The number of nitrogens with two attached hydrogens (primary N) is 1. The minimum absolute atomic E-state index is 0.312. The molecule has 0 aliphatic rings. The van der Waals surface area contributed by atoms with E-state index in [-0.39, 0.29) is 5.82 Å². The molecule has 2 rings (SSSR count). The van der Waals surface area contributed by atoms with Crippen LogP contribution in [0.15, 0.2) is 18.2 Å². The minimum atomic E-state index is -0.369. The molecule has 0 saturated heterocycles. The Kier molecular flexibility index (Phi) is 2.51. The normalized spacial score (nSPS) is 10.3. The van der Waals surface area contributed by atoms with Crippen LogP contribution in [0, 0.1) is 5.82 Å².